The van der Waals surface area contributed by atoms with Crippen molar-refractivity contribution in [1.82, 2.24) is 5.32 Å². The van der Waals surface area contributed by atoms with Gasteiger partial charge < -0.3 is 16.2 Å². The predicted molar refractivity (Wildman–Crippen MR) is 56.5 cm³/mol. The molecule has 4 N–H and O–H groups in total. The smallest absolute Gasteiger partial charge is 0.322 e. The monoisotopic (exact) mass is 210 g/mol. The predicted octanol–water partition coefficient (Wildman–Crippen LogP) is 0.0759. The van der Waals surface area contributed by atoms with Crippen molar-refractivity contribution in [3.05, 3.63) is 35.9 Å². The van der Waals surface area contributed by atoms with E-state index in [1.165, 1.54) is 7.05 Å². The van der Waals surface area contributed by atoms with Crippen molar-refractivity contribution >= 4 is 11.9 Å². The van der Waals surface area contributed by atoms with Crippen LogP contribution in [0.2, 0.25) is 0 Å². The fourth-order valence-corrected chi connectivity index (χ4v) is 0.847. The van der Waals surface area contributed by atoms with Crippen LogP contribution in [0.25, 0.3) is 0 Å². The lowest BCUT2D eigenvalue weighted by Gasteiger charge is -2.00. The summed E-state index contributed by atoms with van der Waals surface area (Å²) in [6.45, 7) is -0.353. The van der Waals surface area contributed by atoms with Crippen molar-refractivity contribution in [2.24, 2.45) is 5.73 Å². The Labute approximate surface area is 87.9 Å². The number of nitrogens with one attached hydrogen (secondary N) is 1. The largest absolute Gasteiger partial charge is 0.480 e. The van der Waals surface area contributed by atoms with Gasteiger partial charge in [-0.3, -0.25) is 9.59 Å². The second-order valence-electron chi connectivity index (χ2n) is 2.44. The minimum absolute atomic E-state index is 0.353. The Morgan fingerprint density at radius 3 is 2.27 bits per heavy atom. The first-order chi connectivity index (χ1) is 7.20. The van der Waals surface area contributed by atoms with Crippen LogP contribution in [0.1, 0.15) is 10.4 Å². The molecule has 1 amide bonds. The van der Waals surface area contributed by atoms with Crippen LogP contribution in [-0.4, -0.2) is 30.6 Å². The summed E-state index contributed by atoms with van der Waals surface area (Å²) < 4.78 is 0. The summed E-state index contributed by atoms with van der Waals surface area (Å²) in [6.07, 6.45) is 0. The molecule has 0 aliphatic carbocycles. The van der Waals surface area contributed by atoms with Gasteiger partial charge in [0.15, 0.2) is 0 Å². The lowest BCUT2D eigenvalue weighted by Crippen LogP contribution is -2.29. The zero-order chi connectivity index (χ0) is 11.7. The van der Waals surface area contributed by atoms with Gasteiger partial charge in [0.05, 0.1) is 0 Å². The first-order valence-electron chi connectivity index (χ1n) is 4.33. The Hall–Kier alpha value is -1.88. The second kappa shape index (κ2) is 7.52. The molecule has 1 rings (SSSR count). The number of amides is 1. The summed E-state index contributed by atoms with van der Waals surface area (Å²) in [6, 6.07) is 8.47. The van der Waals surface area contributed by atoms with Crippen molar-refractivity contribution in [2.45, 2.75) is 0 Å². The third kappa shape index (κ3) is 5.43. The van der Waals surface area contributed by atoms with Crippen molar-refractivity contribution in [3.8, 4) is 0 Å². The molecular formula is C10H14N2O3. The molecule has 0 aromatic heterocycles. The average molecular weight is 210 g/mol. The van der Waals surface area contributed by atoms with Gasteiger partial charge in [-0.15, -0.1) is 0 Å². The molecular weight excluding hydrogens is 196 g/mol. The van der Waals surface area contributed by atoms with Crippen LogP contribution in [0.15, 0.2) is 30.3 Å². The molecule has 5 nitrogen and oxygen atoms in total. The van der Waals surface area contributed by atoms with Crippen LogP contribution in [0, 0.1) is 0 Å². The van der Waals surface area contributed by atoms with E-state index in [1.807, 2.05) is 0 Å². The van der Waals surface area contributed by atoms with Crippen molar-refractivity contribution in [2.75, 3.05) is 13.6 Å². The van der Waals surface area contributed by atoms with Crippen LogP contribution >= 0.6 is 0 Å². The average Bonchev–Trinajstić information content (AvgIpc) is 2.30. The highest BCUT2D eigenvalue weighted by Crippen LogP contribution is 1.96. The first kappa shape index (κ1) is 13.1. The molecule has 0 fully saturated rings. The number of hydrogen-bond donors (Lipinski definition) is 3. The van der Waals surface area contributed by atoms with Crippen LogP contribution in [0.5, 0.6) is 0 Å². The van der Waals surface area contributed by atoms with Gasteiger partial charge in [0.25, 0.3) is 5.91 Å². The van der Waals surface area contributed by atoms with E-state index in [0.717, 1.165) is 0 Å². The number of aliphatic carboxylic acids is 1. The highest BCUT2D eigenvalue weighted by molar-refractivity contribution is 5.95. The summed E-state index contributed by atoms with van der Waals surface area (Å²) >= 11 is 0. The highest BCUT2D eigenvalue weighted by atomic mass is 16.4. The van der Waals surface area contributed by atoms with Crippen molar-refractivity contribution in [3.63, 3.8) is 0 Å². The Morgan fingerprint density at radius 1 is 1.27 bits per heavy atom. The number of carbonyl (C=O) groups is 2. The normalized spacial score (nSPS) is 8.40. The van der Waals surface area contributed by atoms with Crippen molar-refractivity contribution < 1.29 is 14.7 Å². The molecule has 0 aliphatic rings. The van der Waals surface area contributed by atoms with E-state index in [4.69, 9.17) is 5.11 Å². The molecule has 82 valence electrons. The standard InChI is InChI=1S/C9H9NO3.CH5N/c11-8(12)6-10-9(13)7-4-2-1-3-5-7;1-2/h1-5H,6H2,(H,10,13)(H,11,12);2H2,1H3. The van der Waals surface area contributed by atoms with Crippen LogP contribution < -0.4 is 11.1 Å². The van der Waals surface area contributed by atoms with Gasteiger partial charge in [0, 0.05) is 5.56 Å². The van der Waals surface area contributed by atoms with E-state index >= 15 is 0 Å². The molecule has 0 bridgehead atoms. The molecule has 1 aromatic carbocycles. The van der Waals surface area contributed by atoms with E-state index in [1.54, 1.807) is 30.3 Å². The molecule has 0 saturated carbocycles. The quantitative estimate of drug-likeness (QED) is 0.658. The Bertz CT molecular complexity index is 312. The zero-order valence-corrected chi connectivity index (χ0v) is 8.43. The van der Waals surface area contributed by atoms with Gasteiger partial charge >= 0.3 is 5.97 Å². The lowest BCUT2D eigenvalue weighted by molar-refractivity contribution is -0.135. The molecule has 0 atom stereocenters. The number of carboxylic acid groups (broad SMARTS) is 1. The van der Waals surface area contributed by atoms with Crippen molar-refractivity contribution in [1.29, 1.82) is 0 Å². The maximum atomic E-state index is 11.2. The molecule has 5 heteroatoms. The Kier molecular flexibility index (Phi) is 6.57. The van der Waals surface area contributed by atoms with E-state index in [-0.39, 0.29) is 12.5 Å². The zero-order valence-electron chi connectivity index (χ0n) is 8.43. The number of nitrogens with two attached hydrogens (primary N) is 1. The molecule has 0 spiro atoms. The second-order valence-corrected chi connectivity index (χ2v) is 2.44. The SMILES string of the molecule is CN.O=C(O)CNC(=O)c1ccccc1. The third-order valence-corrected chi connectivity index (χ3v) is 1.44. The summed E-state index contributed by atoms with van der Waals surface area (Å²) in [7, 11) is 1.50. The number of rotatable bonds is 3. The van der Waals surface area contributed by atoms with E-state index in [0.29, 0.717) is 5.56 Å². The van der Waals surface area contributed by atoms with Crippen LogP contribution in [0.3, 0.4) is 0 Å². The molecule has 15 heavy (non-hydrogen) atoms. The van der Waals surface area contributed by atoms with Crippen LogP contribution in [0.4, 0.5) is 0 Å². The van der Waals surface area contributed by atoms with E-state index in [9.17, 15) is 9.59 Å². The molecule has 0 radical (unpaired) electrons. The van der Waals surface area contributed by atoms with Gasteiger partial charge in [0.2, 0.25) is 0 Å². The summed E-state index contributed by atoms with van der Waals surface area (Å²) in [4.78, 5) is 21.3. The highest BCUT2D eigenvalue weighted by Gasteiger charge is 2.04. The number of hydrogen-bond acceptors (Lipinski definition) is 3. The number of carboxylic acids is 1. The fraction of sp³-hybridized carbons (Fsp3) is 0.200. The van der Waals surface area contributed by atoms with Gasteiger partial charge in [-0.25, -0.2) is 0 Å². The maximum absolute atomic E-state index is 11.2. The Balaban J connectivity index is 0.000000921. The molecule has 0 unspecified atom stereocenters. The first-order valence-corrected chi connectivity index (χ1v) is 4.33. The number of benzene rings is 1. The molecule has 0 aliphatic heterocycles. The van der Waals surface area contributed by atoms with Gasteiger partial charge in [0.1, 0.15) is 6.54 Å². The van der Waals surface area contributed by atoms with Gasteiger partial charge in [-0.05, 0) is 19.2 Å². The minimum Gasteiger partial charge on any atom is -0.480 e. The lowest BCUT2D eigenvalue weighted by atomic mass is 10.2. The molecule has 0 heterocycles. The Morgan fingerprint density at radius 2 is 1.80 bits per heavy atom. The summed E-state index contributed by atoms with van der Waals surface area (Å²) in [5.74, 6) is -1.42. The van der Waals surface area contributed by atoms with Gasteiger partial charge in [-0.1, -0.05) is 18.2 Å². The minimum atomic E-state index is -1.05. The molecule has 0 saturated heterocycles. The van der Waals surface area contributed by atoms with Gasteiger partial charge in [-0.2, -0.15) is 0 Å². The van der Waals surface area contributed by atoms with E-state index < -0.39 is 5.97 Å². The number of carbonyl (C=O) groups excluding carboxylic acids is 1. The third-order valence-electron chi connectivity index (χ3n) is 1.44. The van der Waals surface area contributed by atoms with Crippen LogP contribution in [-0.2, 0) is 4.79 Å². The topological polar surface area (TPSA) is 92.4 Å². The maximum Gasteiger partial charge on any atom is 0.322 e. The summed E-state index contributed by atoms with van der Waals surface area (Å²) in [5, 5.41) is 10.6. The fourth-order valence-electron chi connectivity index (χ4n) is 0.847. The summed E-state index contributed by atoms with van der Waals surface area (Å²) in [5.41, 5.74) is 4.96. The molecule has 1 aromatic rings. The van der Waals surface area contributed by atoms with E-state index in [2.05, 4.69) is 11.1 Å².